The Morgan fingerprint density at radius 3 is 2.92 bits per heavy atom. The van der Waals surface area contributed by atoms with Gasteiger partial charge in [0.1, 0.15) is 5.82 Å². The molecule has 1 aromatic heterocycles. The van der Waals surface area contributed by atoms with Gasteiger partial charge in [-0.3, -0.25) is 9.59 Å². The van der Waals surface area contributed by atoms with E-state index in [0.29, 0.717) is 19.5 Å². The zero-order chi connectivity index (χ0) is 18.1. The Balaban J connectivity index is 1.31. The number of carbonyl (C=O) groups is 2. The van der Waals surface area contributed by atoms with Crippen LogP contribution in [0.25, 0.3) is 0 Å². The number of carbonyl (C=O) groups excluding carboxylic acids is 2. The van der Waals surface area contributed by atoms with Gasteiger partial charge in [0.15, 0.2) is 0 Å². The molecule has 1 aromatic carbocycles. The van der Waals surface area contributed by atoms with E-state index in [1.165, 1.54) is 0 Å². The molecule has 4 rings (SSSR count). The molecular formula is C20H24N4O2. The lowest BCUT2D eigenvalue weighted by atomic mass is 9.89. The van der Waals surface area contributed by atoms with E-state index >= 15 is 0 Å². The first-order chi connectivity index (χ1) is 12.6. The number of para-hydroxylation sites is 1. The van der Waals surface area contributed by atoms with Crippen LogP contribution in [-0.4, -0.2) is 34.9 Å². The van der Waals surface area contributed by atoms with Gasteiger partial charge >= 0.3 is 0 Å². The average molecular weight is 352 g/mol. The first-order valence-corrected chi connectivity index (χ1v) is 9.27. The van der Waals surface area contributed by atoms with Crippen LogP contribution in [-0.2, 0) is 22.4 Å². The summed E-state index contributed by atoms with van der Waals surface area (Å²) in [5.41, 5.74) is 3.13. The van der Waals surface area contributed by atoms with Crippen molar-refractivity contribution >= 4 is 17.5 Å². The third-order valence-corrected chi connectivity index (χ3v) is 5.37. The number of aromatic nitrogens is 2. The molecule has 6 nitrogen and oxygen atoms in total. The molecule has 136 valence electrons. The number of rotatable bonds is 4. The monoisotopic (exact) mass is 352 g/mol. The van der Waals surface area contributed by atoms with Crippen molar-refractivity contribution in [2.45, 2.75) is 32.6 Å². The molecule has 2 aromatic rings. The molecule has 1 aliphatic carbocycles. The van der Waals surface area contributed by atoms with Crippen LogP contribution in [0.5, 0.6) is 0 Å². The van der Waals surface area contributed by atoms with E-state index in [-0.39, 0.29) is 23.7 Å². The van der Waals surface area contributed by atoms with Gasteiger partial charge in [0.05, 0.1) is 5.69 Å². The maximum Gasteiger partial charge on any atom is 0.227 e. The van der Waals surface area contributed by atoms with Crippen LogP contribution in [0, 0.1) is 18.8 Å². The highest BCUT2D eigenvalue weighted by molar-refractivity contribution is 5.95. The summed E-state index contributed by atoms with van der Waals surface area (Å²) < 4.78 is 0. The molecule has 2 unspecified atom stereocenters. The van der Waals surface area contributed by atoms with Gasteiger partial charge in [-0.25, -0.2) is 4.98 Å². The van der Waals surface area contributed by atoms with E-state index in [0.717, 1.165) is 42.2 Å². The zero-order valence-electron chi connectivity index (χ0n) is 15.0. The third-order valence-electron chi connectivity index (χ3n) is 5.37. The lowest BCUT2D eigenvalue weighted by molar-refractivity contribution is -0.125. The molecule has 2 N–H and O–H groups in total. The number of H-pyrrole nitrogens is 1. The molecule has 1 aliphatic heterocycles. The molecule has 0 spiro atoms. The minimum atomic E-state index is -0.00955. The van der Waals surface area contributed by atoms with Crippen LogP contribution >= 0.6 is 0 Å². The predicted octanol–water partition coefficient (Wildman–Crippen LogP) is 1.99. The Hall–Kier alpha value is -2.63. The molecule has 1 saturated heterocycles. The molecule has 2 amide bonds. The van der Waals surface area contributed by atoms with Crippen molar-refractivity contribution in [2.75, 3.05) is 18.0 Å². The molecule has 6 heteroatoms. The van der Waals surface area contributed by atoms with Gasteiger partial charge < -0.3 is 15.2 Å². The summed E-state index contributed by atoms with van der Waals surface area (Å²) in [6.07, 6.45) is 2.90. The second-order valence-corrected chi connectivity index (χ2v) is 7.34. The minimum absolute atomic E-state index is 0.00955. The topological polar surface area (TPSA) is 78.1 Å². The number of nitrogens with zero attached hydrogens (tertiary/aromatic N) is 2. The summed E-state index contributed by atoms with van der Waals surface area (Å²) in [5.74, 6) is 1.30. The van der Waals surface area contributed by atoms with Crippen molar-refractivity contribution in [1.29, 1.82) is 0 Å². The van der Waals surface area contributed by atoms with Gasteiger partial charge in [-0.2, -0.15) is 0 Å². The molecule has 1 fully saturated rings. The van der Waals surface area contributed by atoms with Crippen molar-refractivity contribution in [3.8, 4) is 0 Å². The number of nitrogens with one attached hydrogen (secondary N) is 2. The van der Waals surface area contributed by atoms with Crippen LogP contribution < -0.4 is 10.2 Å². The van der Waals surface area contributed by atoms with E-state index in [1.807, 2.05) is 42.2 Å². The molecule has 2 atom stereocenters. The highest BCUT2D eigenvalue weighted by atomic mass is 16.2. The first-order valence-electron chi connectivity index (χ1n) is 9.27. The number of anilines is 1. The van der Waals surface area contributed by atoms with Gasteiger partial charge in [0, 0.05) is 49.1 Å². The standard InChI is InChI=1S/C20H24N4O2/c1-13-22-17-8-7-15(10-18(17)23-13)20(26)21-11-14-9-19(25)24(12-14)16-5-3-2-4-6-16/h2-6,14-15H,7-12H2,1H3,(H,21,26)(H,22,23). The zero-order valence-corrected chi connectivity index (χ0v) is 15.0. The van der Waals surface area contributed by atoms with Crippen LogP contribution in [0.2, 0.25) is 0 Å². The molecule has 2 heterocycles. The summed E-state index contributed by atoms with van der Waals surface area (Å²) in [4.78, 5) is 34.4. The lowest BCUT2D eigenvalue weighted by Crippen LogP contribution is -2.37. The van der Waals surface area contributed by atoms with Crippen molar-refractivity contribution in [1.82, 2.24) is 15.3 Å². The fourth-order valence-corrected chi connectivity index (χ4v) is 4.01. The third kappa shape index (κ3) is 3.36. The number of aryl methyl sites for hydroxylation is 2. The smallest absolute Gasteiger partial charge is 0.227 e. The highest BCUT2D eigenvalue weighted by Crippen LogP contribution is 2.26. The Morgan fingerprint density at radius 1 is 1.31 bits per heavy atom. The van der Waals surface area contributed by atoms with Gasteiger partial charge in [-0.05, 0) is 31.9 Å². The SMILES string of the molecule is Cc1nc2c([nH]1)CC(C(=O)NCC1CC(=O)N(c3ccccc3)C1)CC2. The predicted molar refractivity (Wildman–Crippen MR) is 98.8 cm³/mol. The molecule has 26 heavy (non-hydrogen) atoms. The van der Waals surface area contributed by atoms with Gasteiger partial charge in [0.25, 0.3) is 0 Å². The Bertz CT molecular complexity index is 814. The van der Waals surface area contributed by atoms with E-state index in [1.54, 1.807) is 0 Å². The maximum atomic E-state index is 12.6. The van der Waals surface area contributed by atoms with Crippen LogP contribution in [0.1, 0.15) is 30.1 Å². The second-order valence-electron chi connectivity index (χ2n) is 7.34. The number of imidazole rings is 1. The van der Waals surface area contributed by atoms with E-state index < -0.39 is 0 Å². The Kier molecular flexibility index (Phi) is 4.49. The van der Waals surface area contributed by atoms with Crippen molar-refractivity contribution in [3.63, 3.8) is 0 Å². The maximum absolute atomic E-state index is 12.6. The van der Waals surface area contributed by atoms with Crippen LogP contribution in [0.15, 0.2) is 30.3 Å². The lowest BCUT2D eigenvalue weighted by Gasteiger charge is -2.21. The number of benzene rings is 1. The van der Waals surface area contributed by atoms with Crippen molar-refractivity contribution in [2.24, 2.45) is 11.8 Å². The van der Waals surface area contributed by atoms with Crippen LogP contribution in [0.3, 0.4) is 0 Å². The minimum Gasteiger partial charge on any atom is -0.355 e. The number of hydrogen-bond acceptors (Lipinski definition) is 3. The Labute approximate surface area is 153 Å². The summed E-state index contributed by atoms with van der Waals surface area (Å²) in [7, 11) is 0. The fraction of sp³-hybridized carbons (Fsp3) is 0.450. The quantitative estimate of drug-likeness (QED) is 0.883. The molecule has 0 saturated carbocycles. The highest BCUT2D eigenvalue weighted by Gasteiger charge is 2.32. The summed E-state index contributed by atoms with van der Waals surface area (Å²) in [6, 6.07) is 9.71. The molecule has 0 bridgehead atoms. The second kappa shape index (κ2) is 6.94. The Morgan fingerprint density at radius 2 is 2.12 bits per heavy atom. The fourth-order valence-electron chi connectivity index (χ4n) is 4.01. The largest absolute Gasteiger partial charge is 0.355 e. The molecule has 2 aliphatic rings. The average Bonchev–Trinajstić information content (AvgIpc) is 3.21. The summed E-state index contributed by atoms with van der Waals surface area (Å²) in [6.45, 7) is 3.17. The van der Waals surface area contributed by atoms with Gasteiger partial charge in [-0.15, -0.1) is 0 Å². The van der Waals surface area contributed by atoms with Gasteiger partial charge in [0.2, 0.25) is 11.8 Å². The molecular weight excluding hydrogens is 328 g/mol. The van der Waals surface area contributed by atoms with Crippen molar-refractivity contribution in [3.05, 3.63) is 47.5 Å². The number of hydrogen-bond donors (Lipinski definition) is 2. The summed E-state index contributed by atoms with van der Waals surface area (Å²) in [5, 5.41) is 3.07. The van der Waals surface area contributed by atoms with E-state index in [4.69, 9.17) is 0 Å². The number of amides is 2. The van der Waals surface area contributed by atoms with Crippen LogP contribution in [0.4, 0.5) is 5.69 Å². The molecule has 0 radical (unpaired) electrons. The number of aromatic amines is 1. The van der Waals surface area contributed by atoms with E-state index in [9.17, 15) is 9.59 Å². The number of fused-ring (bicyclic) bond motifs is 1. The van der Waals surface area contributed by atoms with Gasteiger partial charge in [-0.1, -0.05) is 18.2 Å². The normalized spacial score (nSPS) is 22.3. The first kappa shape index (κ1) is 16.8. The van der Waals surface area contributed by atoms with E-state index in [2.05, 4.69) is 15.3 Å². The summed E-state index contributed by atoms with van der Waals surface area (Å²) >= 11 is 0. The van der Waals surface area contributed by atoms with Crippen molar-refractivity contribution < 1.29 is 9.59 Å².